The molecule has 0 bridgehead atoms. The molecule has 0 aromatic carbocycles. The largest absolute Gasteiger partial charge is 0.371 e. The van der Waals surface area contributed by atoms with Gasteiger partial charge in [-0.05, 0) is 31.4 Å². The van der Waals surface area contributed by atoms with E-state index in [0.717, 1.165) is 19.0 Å². The second-order valence-electron chi connectivity index (χ2n) is 5.17. The second kappa shape index (κ2) is 6.74. The van der Waals surface area contributed by atoms with Gasteiger partial charge in [0.05, 0.1) is 0 Å². The Morgan fingerprint density at radius 3 is 3.11 bits per heavy atom. The van der Waals surface area contributed by atoms with Gasteiger partial charge in [0.25, 0.3) is 0 Å². The average molecular weight is 247 g/mol. The predicted octanol–water partition coefficient (Wildman–Crippen LogP) is 2.82. The van der Waals surface area contributed by atoms with Crippen LogP contribution in [0.1, 0.15) is 38.7 Å². The van der Waals surface area contributed by atoms with Gasteiger partial charge in [0, 0.05) is 43.3 Å². The molecule has 1 aromatic rings. The van der Waals surface area contributed by atoms with E-state index in [1.54, 1.807) is 0 Å². The van der Waals surface area contributed by atoms with Gasteiger partial charge in [0.1, 0.15) is 0 Å². The van der Waals surface area contributed by atoms with Crippen LogP contribution in [0.4, 0.5) is 5.69 Å². The maximum absolute atomic E-state index is 4.26. The van der Waals surface area contributed by atoms with Gasteiger partial charge >= 0.3 is 0 Å². The molecular weight excluding hydrogens is 222 g/mol. The van der Waals surface area contributed by atoms with Crippen LogP contribution < -0.4 is 10.2 Å². The fourth-order valence-corrected chi connectivity index (χ4v) is 2.82. The summed E-state index contributed by atoms with van der Waals surface area (Å²) in [6, 6.07) is 2.17. The zero-order valence-electron chi connectivity index (χ0n) is 11.7. The number of nitrogens with one attached hydrogen (secondary N) is 1. The Balaban J connectivity index is 2.04. The third-order valence-electron chi connectivity index (χ3n) is 3.77. The smallest absolute Gasteiger partial charge is 0.0442 e. The molecule has 1 aromatic heterocycles. The first kappa shape index (κ1) is 13.3. The lowest BCUT2D eigenvalue weighted by Crippen LogP contribution is -2.23. The summed E-state index contributed by atoms with van der Waals surface area (Å²) in [5.41, 5.74) is 2.71. The number of hydrogen-bond donors (Lipinski definition) is 1. The Hall–Kier alpha value is -1.09. The van der Waals surface area contributed by atoms with Gasteiger partial charge < -0.3 is 10.2 Å². The Morgan fingerprint density at radius 2 is 2.33 bits per heavy atom. The quantitative estimate of drug-likeness (QED) is 0.838. The number of pyridine rings is 1. The van der Waals surface area contributed by atoms with Crippen LogP contribution in [-0.4, -0.2) is 24.6 Å². The maximum atomic E-state index is 4.26. The van der Waals surface area contributed by atoms with Crippen molar-refractivity contribution in [2.45, 2.75) is 39.7 Å². The van der Waals surface area contributed by atoms with Crippen molar-refractivity contribution in [1.82, 2.24) is 10.3 Å². The topological polar surface area (TPSA) is 28.2 Å². The van der Waals surface area contributed by atoms with E-state index in [1.807, 2.05) is 12.4 Å². The molecule has 1 saturated heterocycles. The number of anilines is 1. The number of hydrogen-bond acceptors (Lipinski definition) is 3. The van der Waals surface area contributed by atoms with Crippen molar-refractivity contribution < 1.29 is 0 Å². The van der Waals surface area contributed by atoms with Gasteiger partial charge in [-0.2, -0.15) is 0 Å². The lowest BCUT2D eigenvalue weighted by Gasteiger charge is -2.22. The van der Waals surface area contributed by atoms with E-state index in [9.17, 15) is 0 Å². The van der Waals surface area contributed by atoms with Crippen molar-refractivity contribution in [3.05, 3.63) is 24.0 Å². The van der Waals surface area contributed by atoms with E-state index in [4.69, 9.17) is 0 Å². The molecule has 1 N–H and O–H groups in total. The average Bonchev–Trinajstić information content (AvgIpc) is 2.86. The first-order valence-corrected chi connectivity index (χ1v) is 7.23. The van der Waals surface area contributed by atoms with E-state index < -0.39 is 0 Å². The molecule has 1 fully saturated rings. The van der Waals surface area contributed by atoms with Crippen LogP contribution in [-0.2, 0) is 6.54 Å². The van der Waals surface area contributed by atoms with Gasteiger partial charge in [0.15, 0.2) is 0 Å². The molecule has 3 nitrogen and oxygen atoms in total. The fraction of sp³-hybridized carbons (Fsp3) is 0.667. The highest BCUT2D eigenvalue weighted by Gasteiger charge is 2.23. The van der Waals surface area contributed by atoms with Crippen molar-refractivity contribution in [2.24, 2.45) is 5.92 Å². The first-order chi connectivity index (χ1) is 8.85. The molecule has 2 rings (SSSR count). The fourth-order valence-electron chi connectivity index (χ4n) is 2.82. The Morgan fingerprint density at radius 1 is 1.44 bits per heavy atom. The Bertz CT molecular complexity index is 365. The van der Waals surface area contributed by atoms with E-state index in [-0.39, 0.29) is 0 Å². The minimum absolute atomic E-state index is 0.884. The van der Waals surface area contributed by atoms with Crippen LogP contribution in [0.3, 0.4) is 0 Å². The summed E-state index contributed by atoms with van der Waals surface area (Å²) in [5, 5.41) is 3.40. The summed E-state index contributed by atoms with van der Waals surface area (Å²) in [7, 11) is 0. The predicted molar refractivity (Wildman–Crippen MR) is 76.8 cm³/mol. The molecule has 1 unspecified atom stereocenters. The standard InChI is InChI=1S/C15H25N3/c1-3-5-13-7-9-18(12-13)15-6-8-17-11-14(15)10-16-4-2/h6,8,11,13,16H,3-5,7,9-10,12H2,1-2H3. The summed E-state index contributed by atoms with van der Waals surface area (Å²) in [4.78, 5) is 6.79. The molecule has 0 saturated carbocycles. The monoisotopic (exact) mass is 247 g/mol. The molecule has 0 spiro atoms. The summed E-state index contributed by atoms with van der Waals surface area (Å²) >= 11 is 0. The Kier molecular flexibility index (Phi) is 5.00. The van der Waals surface area contributed by atoms with Crippen LogP contribution in [0, 0.1) is 5.92 Å². The molecule has 2 heterocycles. The molecule has 0 aliphatic carbocycles. The SMILES string of the molecule is CCCC1CCN(c2ccncc2CNCC)C1. The van der Waals surface area contributed by atoms with E-state index in [1.165, 1.54) is 43.6 Å². The Labute approximate surface area is 111 Å². The van der Waals surface area contributed by atoms with Crippen LogP contribution in [0.5, 0.6) is 0 Å². The molecule has 0 radical (unpaired) electrons. The van der Waals surface area contributed by atoms with Gasteiger partial charge in [-0.1, -0.05) is 20.3 Å². The minimum atomic E-state index is 0.884. The van der Waals surface area contributed by atoms with Gasteiger partial charge in [0.2, 0.25) is 0 Å². The molecule has 1 aliphatic rings. The van der Waals surface area contributed by atoms with E-state index >= 15 is 0 Å². The lowest BCUT2D eigenvalue weighted by atomic mass is 10.0. The molecule has 18 heavy (non-hydrogen) atoms. The van der Waals surface area contributed by atoms with Gasteiger partial charge in [-0.3, -0.25) is 4.98 Å². The first-order valence-electron chi connectivity index (χ1n) is 7.23. The maximum Gasteiger partial charge on any atom is 0.0442 e. The number of rotatable bonds is 6. The van der Waals surface area contributed by atoms with Crippen molar-refractivity contribution in [3.63, 3.8) is 0 Å². The van der Waals surface area contributed by atoms with Gasteiger partial charge in [-0.25, -0.2) is 0 Å². The summed E-state index contributed by atoms with van der Waals surface area (Å²) in [5.74, 6) is 0.884. The van der Waals surface area contributed by atoms with Crippen LogP contribution >= 0.6 is 0 Å². The molecular formula is C15H25N3. The van der Waals surface area contributed by atoms with E-state index in [0.29, 0.717) is 0 Å². The normalized spacial score (nSPS) is 19.4. The highest BCUT2D eigenvalue weighted by Crippen LogP contribution is 2.28. The van der Waals surface area contributed by atoms with Gasteiger partial charge in [-0.15, -0.1) is 0 Å². The molecule has 0 amide bonds. The van der Waals surface area contributed by atoms with Crippen molar-refractivity contribution in [3.8, 4) is 0 Å². The number of nitrogens with zero attached hydrogens (tertiary/aromatic N) is 2. The van der Waals surface area contributed by atoms with Crippen molar-refractivity contribution in [2.75, 3.05) is 24.5 Å². The highest BCUT2D eigenvalue weighted by molar-refractivity contribution is 5.53. The zero-order valence-corrected chi connectivity index (χ0v) is 11.7. The third-order valence-corrected chi connectivity index (χ3v) is 3.77. The van der Waals surface area contributed by atoms with E-state index in [2.05, 4.69) is 35.1 Å². The van der Waals surface area contributed by atoms with Crippen LogP contribution in [0.15, 0.2) is 18.5 Å². The summed E-state index contributed by atoms with van der Waals surface area (Å²) in [6.07, 6.45) is 7.93. The number of aromatic nitrogens is 1. The van der Waals surface area contributed by atoms with Crippen molar-refractivity contribution in [1.29, 1.82) is 0 Å². The minimum Gasteiger partial charge on any atom is -0.371 e. The highest BCUT2D eigenvalue weighted by atomic mass is 15.2. The van der Waals surface area contributed by atoms with Crippen LogP contribution in [0.2, 0.25) is 0 Å². The van der Waals surface area contributed by atoms with Crippen LogP contribution in [0.25, 0.3) is 0 Å². The summed E-state index contributed by atoms with van der Waals surface area (Å²) in [6.45, 7) is 8.78. The molecule has 100 valence electrons. The lowest BCUT2D eigenvalue weighted by molar-refractivity contribution is 0.529. The zero-order chi connectivity index (χ0) is 12.8. The molecule has 1 atom stereocenters. The molecule has 3 heteroatoms. The summed E-state index contributed by atoms with van der Waals surface area (Å²) < 4.78 is 0. The van der Waals surface area contributed by atoms with Crippen molar-refractivity contribution >= 4 is 5.69 Å². The molecule has 1 aliphatic heterocycles. The third kappa shape index (κ3) is 3.22. The second-order valence-corrected chi connectivity index (χ2v) is 5.17.